The summed E-state index contributed by atoms with van der Waals surface area (Å²) in [5.74, 6) is -1.27. The largest absolute Gasteiger partial charge is 0.460 e. The second kappa shape index (κ2) is 8.01. The molecule has 1 aromatic carbocycles. The second-order valence-electron chi connectivity index (χ2n) is 7.30. The van der Waals surface area contributed by atoms with E-state index in [9.17, 15) is 9.59 Å². The normalized spacial score (nSPS) is 25.6. The van der Waals surface area contributed by atoms with Gasteiger partial charge in [-0.3, -0.25) is 9.59 Å². The number of anilines is 1. The minimum Gasteiger partial charge on any atom is -0.460 e. The molecule has 2 bridgehead atoms. The van der Waals surface area contributed by atoms with E-state index >= 15 is 0 Å². The minimum absolute atomic E-state index is 0.0113. The number of aromatic nitrogens is 1. The van der Waals surface area contributed by atoms with Crippen LogP contribution >= 0.6 is 34.5 Å². The molecule has 0 spiro atoms. The SMILES string of the molecule is Cc1cccc2nc(NC(=O)[C@H]3[C@@H](C(=O)OC(CCl)CCl)[C@H]4C=C[C@@H]3C4)sc12. The predicted molar refractivity (Wildman–Crippen MR) is 112 cm³/mol. The number of nitrogens with zero attached hydrogens (tertiary/aromatic N) is 1. The Labute approximate surface area is 177 Å². The van der Waals surface area contributed by atoms with Crippen molar-refractivity contribution in [2.45, 2.75) is 19.4 Å². The molecule has 28 heavy (non-hydrogen) atoms. The predicted octanol–water partition coefficient (Wildman–Crippen LogP) is 4.37. The number of carbonyl (C=O) groups excluding carboxylic acids is 2. The Morgan fingerprint density at radius 2 is 1.96 bits per heavy atom. The summed E-state index contributed by atoms with van der Waals surface area (Å²) < 4.78 is 6.50. The Kier molecular flexibility index (Phi) is 5.63. The fourth-order valence-electron chi connectivity index (χ4n) is 4.18. The molecule has 1 aromatic heterocycles. The van der Waals surface area contributed by atoms with Crippen LogP contribution in [0.4, 0.5) is 5.13 Å². The highest BCUT2D eigenvalue weighted by Crippen LogP contribution is 2.49. The van der Waals surface area contributed by atoms with Crippen LogP contribution in [0.5, 0.6) is 0 Å². The molecule has 1 saturated carbocycles. The molecule has 1 fully saturated rings. The zero-order chi connectivity index (χ0) is 19.8. The van der Waals surface area contributed by atoms with Gasteiger partial charge < -0.3 is 10.1 Å². The number of nitrogens with one attached hydrogen (secondary N) is 1. The molecular weight excluding hydrogens is 419 g/mol. The van der Waals surface area contributed by atoms with Gasteiger partial charge in [0.15, 0.2) is 5.13 Å². The van der Waals surface area contributed by atoms with Crippen LogP contribution in [0.1, 0.15) is 12.0 Å². The maximum absolute atomic E-state index is 13.1. The van der Waals surface area contributed by atoms with Gasteiger partial charge in [0.05, 0.1) is 33.8 Å². The van der Waals surface area contributed by atoms with Crippen LogP contribution < -0.4 is 5.32 Å². The van der Waals surface area contributed by atoms with E-state index in [1.54, 1.807) is 0 Å². The lowest BCUT2D eigenvalue weighted by molar-refractivity contribution is -0.156. The van der Waals surface area contributed by atoms with Crippen LogP contribution in [0, 0.1) is 30.6 Å². The number of rotatable bonds is 6. The molecule has 1 N–H and O–H groups in total. The summed E-state index contributed by atoms with van der Waals surface area (Å²) in [7, 11) is 0. The number of ether oxygens (including phenoxy) is 1. The first-order valence-electron chi connectivity index (χ1n) is 9.19. The van der Waals surface area contributed by atoms with E-state index < -0.39 is 23.9 Å². The van der Waals surface area contributed by atoms with Crippen LogP contribution in [0.2, 0.25) is 0 Å². The van der Waals surface area contributed by atoms with Crippen molar-refractivity contribution < 1.29 is 14.3 Å². The Bertz CT molecular complexity index is 941. The maximum atomic E-state index is 13.1. The molecule has 0 radical (unpaired) electrons. The summed E-state index contributed by atoms with van der Waals surface area (Å²) in [6, 6.07) is 5.89. The third-order valence-corrected chi connectivity index (χ3v) is 7.31. The topological polar surface area (TPSA) is 68.3 Å². The molecule has 4 atom stereocenters. The van der Waals surface area contributed by atoms with E-state index in [0.717, 1.165) is 22.2 Å². The third-order valence-electron chi connectivity index (χ3n) is 5.50. The number of aryl methyl sites for hydroxylation is 1. The van der Waals surface area contributed by atoms with Crippen molar-refractivity contribution in [1.82, 2.24) is 4.98 Å². The van der Waals surface area contributed by atoms with E-state index in [-0.39, 0.29) is 29.5 Å². The summed E-state index contributed by atoms with van der Waals surface area (Å²) in [5.41, 5.74) is 1.98. The van der Waals surface area contributed by atoms with Crippen molar-refractivity contribution in [2.75, 3.05) is 17.1 Å². The molecule has 4 rings (SSSR count). The van der Waals surface area contributed by atoms with E-state index in [4.69, 9.17) is 27.9 Å². The van der Waals surface area contributed by atoms with E-state index in [0.29, 0.717) is 5.13 Å². The molecule has 2 aliphatic carbocycles. The zero-order valence-electron chi connectivity index (χ0n) is 15.2. The van der Waals surface area contributed by atoms with Gasteiger partial charge in [0.1, 0.15) is 6.10 Å². The lowest BCUT2D eigenvalue weighted by Crippen LogP contribution is -2.39. The first kappa shape index (κ1) is 19.7. The first-order valence-corrected chi connectivity index (χ1v) is 11.1. The lowest BCUT2D eigenvalue weighted by atomic mass is 9.82. The molecular formula is C20H20Cl2N2O3S. The van der Waals surface area contributed by atoms with Crippen molar-refractivity contribution in [1.29, 1.82) is 0 Å². The molecule has 5 nitrogen and oxygen atoms in total. The van der Waals surface area contributed by atoms with Gasteiger partial charge in [-0.05, 0) is 36.8 Å². The highest BCUT2D eigenvalue weighted by Gasteiger charge is 2.52. The van der Waals surface area contributed by atoms with Crippen LogP contribution in [-0.4, -0.2) is 34.7 Å². The van der Waals surface area contributed by atoms with Gasteiger partial charge in [-0.1, -0.05) is 35.6 Å². The third kappa shape index (κ3) is 3.53. The molecule has 0 aliphatic heterocycles. The molecule has 148 valence electrons. The average molecular weight is 439 g/mol. The minimum atomic E-state index is -0.546. The van der Waals surface area contributed by atoms with Crippen molar-refractivity contribution in [2.24, 2.45) is 23.7 Å². The van der Waals surface area contributed by atoms with Gasteiger partial charge in [-0.25, -0.2) is 4.98 Å². The fraction of sp³-hybridized carbons (Fsp3) is 0.450. The van der Waals surface area contributed by atoms with Gasteiger partial charge in [-0.2, -0.15) is 0 Å². The quantitative estimate of drug-likeness (QED) is 0.412. The summed E-state index contributed by atoms with van der Waals surface area (Å²) >= 11 is 13.0. The number of esters is 1. The molecule has 1 amide bonds. The standard InChI is InChI=1S/C20H20Cl2N2O3S/c1-10-3-2-4-14-17(10)28-20(23-14)24-18(25)15-11-5-6-12(7-11)16(15)19(26)27-13(8-21)9-22/h2-6,11-13,15-16H,7-9H2,1H3,(H,23,24,25)/t11-,12+,15-,16+/m1/s1. The highest BCUT2D eigenvalue weighted by atomic mass is 35.5. The Hall–Kier alpha value is -1.63. The number of benzene rings is 1. The number of amides is 1. The van der Waals surface area contributed by atoms with E-state index in [1.165, 1.54) is 11.3 Å². The molecule has 8 heteroatoms. The van der Waals surface area contributed by atoms with Crippen LogP contribution in [0.25, 0.3) is 10.2 Å². The zero-order valence-corrected chi connectivity index (χ0v) is 17.6. The Balaban J connectivity index is 1.53. The Morgan fingerprint density at radius 1 is 1.25 bits per heavy atom. The van der Waals surface area contributed by atoms with Crippen LogP contribution in [0.3, 0.4) is 0 Å². The highest BCUT2D eigenvalue weighted by molar-refractivity contribution is 7.22. The van der Waals surface area contributed by atoms with Gasteiger partial charge >= 0.3 is 5.97 Å². The first-order chi connectivity index (χ1) is 13.5. The number of alkyl halides is 2. The lowest BCUT2D eigenvalue weighted by Gasteiger charge is -2.26. The fourth-order valence-corrected chi connectivity index (χ4v) is 5.57. The van der Waals surface area contributed by atoms with Gasteiger partial charge in [-0.15, -0.1) is 23.2 Å². The smallest absolute Gasteiger partial charge is 0.310 e. The number of halogens is 2. The van der Waals surface area contributed by atoms with E-state index in [1.807, 2.05) is 37.3 Å². The molecule has 2 aromatic rings. The van der Waals surface area contributed by atoms with Gasteiger partial charge in [0, 0.05) is 0 Å². The summed E-state index contributed by atoms with van der Waals surface area (Å²) in [5, 5.41) is 3.47. The van der Waals surface area contributed by atoms with Crippen LogP contribution in [0.15, 0.2) is 30.4 Å². The Morgan fingerprint density at radius 3 is 2.64 bits per heavy atom. The van der Waals surface area contributed by atoms with Crippen molar-refractivity contribution in [3.05, 3.63) is 35.9 Å². The monoisotopic (exact) mass is 438 g/mol. The molecule has 2 aliphatic rings. The average Bonchev–Trinajstić information content (AvgIpc) is 3.40. The number of fused-ring (bicyclic) bond motifs is 3. The molecule has 0 saturated heterocycles. The number of thiazole rings is 1. The molecule has 1 heterocycles. The van der Waals surface area contributed by atoms with Gasteiger partial charge in [0.2, 0.25) is 5.91 Å². The van der Waals surface area contributed by atoms with E-state index in [2.05, 4.69) is 10.3 Å². The number of hydrogen-bond acceptors (Lipinski definition) is 5. The van der Waals surface area contributed by atoms with Gasteiger partial charge in [0.25, 0.3) is 0 Å². The summed E-state index contributed by atoms with van der Waals surface area (Å²) in [4.78, 5) is 30.3. The number of carbonyl (C=O) groups is 2. The number of allylic oxidation sites excluding steroid dienone is 2. The van der Waals surface area contributed by atoms with Crippen molar-refractivity contribution in [3.8, 4) is 0 Å². The molecule has 0 unspecified atom stereocenters. The van der Waals surface area contributed by atoms with Crippen LogP contribution in [-0.2, 0) is 14.3 Å². The maximum Gasteiger partial charge on any atom is 0.310 e. The second-order valence-corrected chi connectivity index (χ2v) is 8.92. The van der Waals surface area contributed by atoms with Crippen molar-refractivity contribution >= 4 is 61.8 Å². The summed E-state index contributed by atoms with van der Waals surface area (Å²) in [6.45, 7) is 2.02. The number of hydrogen-bond donors (Lipinski definition) is 1. The van der Waals surface area contributed by atoms with Crippen molar-refractivity contribution in [3.63, 3.8) is 0 Å². The summed E-state index contributed by atoms with van der Waals surface area (Å²) in [6.07, 6.45) is 4.28.